The Morgan fingerprint density at radius 2 is 1.88 bits per heavy atom. The largest absolute Gasteiger partial charge is 0.493 e. The molecule has 2 aromatic carbocycles. The number of hydrogen-bond donors (Lipinski definition) is 2. The van der Waals surface area contributed by atoms with E-state index in [0.29, 0.717) is 23.7 Å². The van der Waals surface area contributed by atoms with Crippen LogP contribution in [-0.4, -0.2) is 30.0 Å². The Labute approximate surface area is 139 Å². The molecule has 0 radical (unpaired) electrons. The molecule has 7 heteroatoms. The summed E-state index contributed by atoms with van der Waals surface area (Å²) in [4.78, 5) is 2.57. The van der Waals surface area contributed by atoms with Gasteiger partial charge in [-0.25, -0.2) is 0 Å². The van der Waals surface area contributed by atoms with Crippen molar-refractivity contribution in [2.75, 3.05) is 13.7 Å². The number of benzene rings is 2. The van der Waals surface area contributed by atoms with Crippen molar-refractivity contribution in [2.24, 2.45) is 5.11 Å². The molecule has 0 aliphatic rings. The highest BCUT2D eigenvalue weighted by atomic mass is 16.5. The Morgan fingerprint density at radius 1 is 1.12 bits per heavy atom. The lowest BCUT2D eigenvalue weighted by atomic mass is 10.0. The lowest BCUT2D eigenvalue weighted by molar-refractivity contribution is 0.0242. The lowest BCUT2D eigenvalue weighted by Gasteiger charge is -2.18. The van der Waals surface area contributed by atoms with Gasteiger partial charge in [0.05, 0.1) is 19.8 Å². The number of aliphatic hydroxyl groups is 2. The fourth-order valence-electron chi connectivity index (χ4n) is 2.17. The minimum Gasteiger partial charge on any atom is -0.493 e. The van der Waals surface area contributed by atoms with Crippen molar-refractivity contribution < 1.29 is 19.7 Å². The van der Waals surface area contributed by atoms with E-state index in [1.54, 1.807) is 18.2 Å². The van der Waals surface area contributed by atoms with E-state index >= 15 is 0 Å². The lowest BCUT2D eigenvalue weighted by Crippen LogP contribution is -2.21. The SMILES string of the molecule is COc1ccc(C(O)C(O)CN=[N+]=[N-])cc1OCc1ccccc1. The first kappa shape index (κ1) is 17.6. The van der Waals surface area contributed by atoms with Gasteiger partial charge in [-0.15, -0.1) is 0 Å². The molecule has 0 aromatic heterocycles. The average molecular weight is 329 g/mol. The summed E-state index contributed by atoms with van der Waals surface area (Å²) in [5.74, 6) is 0.973. The van der Waals surface area contributed by atoms with Crippen LogP contribution in [-0.2, 0) is 6.61 Å². The van der Waals surface area contributed by atoms with Crippen LogP contribution in [0.25, 0.3) is 10.4 Å². The van der Waals surface area contributed by atoms with E-state index in [0.717, 1.165) is 5.56 Å². The van der Waals surface area contributed by atoms with Crippen LogP contribution in [0.15, 0.2) is 53.6 Å². The number of methoxy groups -OCH3 is 1. The fourth-order valence-corrected chi connectivity index (χ4v) is 2.17. The number of rotatable bonds is 8. The number of aliphatic hydroxyl groups excluding tert-OH is 2. The van der Waals surface area contributed by atoms with Crippen molar-refractivity contribution in [3.8, 4) is 11.5 Å². The van der Waals surface area contributed by atoms with Crippen molar-refractivity contribution in [3.63, 3.8) is 0 Å². The molecule has 2 atom stereocenters. The van der Waals surface area contributed by atoms with Gasteiger partial charge < -0.3 is 19.7 Å². The highest BCUT2D eigenvalue weighted by Crippen LogP contribution is 2.32. The van der Waals surface area contributed by atoms with Crippen molar-refractivity contribution in [1.29, 1.82) is 0 Å². The van der Waals surface area contributed by atoms with Crippen LogP contribution in [0.2, 0.25) is 0 Å². The van der Waals surface area contributed by atoms with E-state index in [-0.39, 0.29) is 6.54 Å². The van der Waals surface area contributed by atoms with Gasteiger partial charge in [0.1, 0.15) is 12.7 Å². The second-order valence-corrected chi connectivity index (χ2v) is 5.11. The maximum Gasteiger partial charge on any atom is 0.162 e. The van der Waals surface area contributed by atoms with Crippen LogP contribution in [0.3, 0.4) is 0 Å². The molecule has 0 bridgehead atoms. The van der Waals surface area contributed by atoms with E-state index in [1.807, 2.05) is 30.3 Å². The molecule has 0 spiro atoms. The van der Waals surface area contributed by atoms with Gasteiger partial charge in [0.2, 0.25) is 0 Å². The van der Waals surface area contributed by atoms with Crippen molar-refractivity contribution in [3.05, 3.63) is 70.1 Å². The highest BCUT2D eigenvalue weighted by molar-refractivity contribution is 5.44. The smallest absolute Gasteiger partial charge is 0.162 e. The molecule has 0 fully saturated rings. The van der Waals surface area contributed by atoms with Crippen LogP contribution in [0.5, 0.6) is 11.5 Å². The predicted octanol–water partition coefficient (Wildman–Crippen LogP) is 2.98. The maximum atomic E-state index is 10.2. The molecule has 2 aromatic rings. The maximum absolute atomic E-state index is 10.2. The standard InChI is InChI=1S/C17H19N3O4/c1-23-15-8-7-13(17(22)14(21)10-19-20-18)9-16(15)24-11-12-5-3-2-4-6-12/h2-9,14,17,21-22H,10-11H2,1H3. The van der Waals surface area contributed by atoms with E-state index in [9.17, 15) is 10.2 Å². The van der Waals surface area contributed by atoms with Crippen LogP contribution in [0.4, 0.5) is 0 Å². The van der Waals surface area contributed by atoms with Gasteiger partial charge in [0, 0.05) is 4.91 Å². The molecule has 24 heavy (non-hydrogen) atoms. The van der Waals surface area contributed by atoms with E-state index < -0.39 is 12.2 Å². The third kappa shape index (κ3) is 4.63. The summed E-state index contributed by atoms with van der Waals surface area (Å²) in [5, 5.41) is 23.3. The second kappa shape index (κ2) is 8.79. The minimum atomic E-state index is -1.20. The van der Waals surface area contributed by atoms with Crippen LogP contribution in [0.1, 0.15) is 17.2 Å². The molecule has 0 saturated carbocycles. The van der Waals surface area contributed by atoms with E-state index in [1.165, 1.54) is 7.11 Å². The zero-order valence-electron chi connectivity index (χ0n) is 13.2. The molecule has 2 N–H and O–H groups in total. The average Bonchev–Trinajstić information content (AvgIpc) is 2.64. The van der Waals surface area contributed by atoms with Gasteiger partial charge in [-0.2, -0.15) is 0 Å². The number of nitrogens with zero attached hydrogens (tertiary/aromatic N) is 3. The summed E-state index contributed by atoms with van der Waals surface area (Å²) in [6.45, 7) is 0.127. The van der Waals surface area contributed by atoms with Crippen molar-refractivity contribution in [2.45, 2.75) is 18.8 Å². The van der Waals surface area contributed by atoms with Crippen LogP contribution >= 0.6 is 0 Å². The summed E-state index contributed by atoms with van der Waals surface area (Å²) < 4.78 is 11.0. The van der Waals surface area contributed by atoms with E-state index in [2.05, 4.69) is 10.0 Å². The Kier molecular flexibility index (Phi) is 6.45. The van der Waals surface area contributed by atoms with Gasteiger partial charge in [-0.1, -0.05) is 41.5 Å². The predicted molar refractivity (Wildman–Crippen MR) is 88.7 cm³/mol. The quantitative estimate of drug-likeness (QED) is 0.441. The fraction of sp³-hybridized carbons (Fsp3) is 0.294. The molecule has 0 aliphatic carbocycles. The molecule has 0 aliphatic heterocycles. The van der Waals surface area contributed by atoms with Crippen LogP contribution < -0.4 is 9.47 Å². The van der Waals surface area contributed by atoms with Gasteiger partial charge in [-0.3, -0.25) is 0 Å². The molecule has 0 amide bonds. The first-order valence-corrected chi connectivity index (χ1v) is 7.37. The molecule has 0 saturated heterocycles. The number of azide groups is 1. The molecule has 126 valence electrons. The van der Waals surface area contributed by atoms with Gasteiger partial charge in [-0.05, 0) is 28.8 Å². The van der Waals surface area contributed by atoms with Gasteiger partial charge in [0.25, 0.3) is 0 Å². The summed E-state index contributed by atoms with van der Waals surface area (Å²) in [5.41, 5.74) is 9.73. The molecular formula is C17H19N3O4. The number of hydrogen-bond acceptors (Lipinski definition) is 5. The van der Waals surface area contributed by atoms with Crippen molar-refractivity contribution >= 4 is 0 Å². The second-order valence-electron chi connectivity index (χ2n) is 5.11. The Morgan fingerprint density at radius 3 is 2.54 bits per heavy atom. The van der Waals surface area contributed by atoms with Gasteiger partial charge >= 0.3 is 0 Å². The Bertz CT molecular complexity index is 702. The zero-order valence-corrected chi connectivity index (χ0v) is 13.2. The van der Waals surface area contributed by atoms with E-state index in [4.69, 9.17) is 15.0 Å². The summed E-state index contributed by atoms with van der Waals surface area (Å²) in [7, 11) is 1.53. The van der Waals surface area contributed by atoms with Crippen LogP contribution in [0, 0.1) is 0 Å². The molecule has 7 nitrogen and oxygen atoms in total. The highest BCUT2D eigenvalue weighted by Gasteiger charge is 2.19. The molecule has 2 rings (SSSR count). The minimum absolute atomic E-state index is 0.218. The summed E-state index contributed by atoms with van der Waals surface area (Å²) in [6.07, 6.45) is -2.39. The zero-order chi connectivity index (χ0) is 17.4. The molecule has 0 heterocycles. The normalized spacial score (nSPS) is 12.8. The Hall–Kier alpha value is -2.73. The summed E-state index contributed by atoms with van der Waals surface area (Å²) >= 11 is 0. The number of ether oxygens (including phenoxy) is 2. The third-order valence-electron chi connectivity index (χ3n) is 3.46. The van der Waals surface area contributed by atoms with Gasteiger partial charge in [0.15, 0.2) is 11.5 Å². The monoisotopic (exact) mass is 329 g/mol. The molecular weight excluding hydrogens is 310 g/mol. The first-order valence-electron chi connectivity index (χ1n) is 7.37. The first-order chi connectivity index (χ1) is 11.7. The summed E-state index contributed by atoms with van der Waals surface area (Å²) in [6, 6.07) is 14.5. The molecule has 2 unspecified atom stereocenters. The van der Waals surface area contributed by atoms with Crippen molar-refractivity contribution in [1.82, 2.24) is 0 Å². The topological polar surface area (TPSA) is 108 Å². The Balaban J connectivity index is 2.15. The third-order valence-corrected chi connectivity index (χ3v) is 3.46.